The lowest BCUT2D eigenvalue weighted by molar-refractivity contribution is -0.138. The van der Waals surface area contributed by atoms with E-state index in [-0.39, 0.29) is 5.97 Å². The minimum absolute atomic E-state index is 0.205. The summed E-state index contributed by atoms with van der Waals surface area (Å²) in [7, 11) is 0. The molecule has 0 N–H and O–H groups in total. The van der Waals surface area contributed by atoms with Crippen molar-refractivity contribution in [2.24, 2.45) is 0 Å². The number of carbonyl (C=O) groups excluding carboxylic acids is 1. The van der Waals surface area contributed by atoms with Gasteiger partial charge in [0.2, 0.25) is 0 Å². The fourth-order valence-corrected chi connectivity index (χ4v) is 0.783. The van der Waals surface area contributed by atoms with E-state index in [9.17, 15) is 4.79 Å². The average molecular weight is 189 g/mol. The molecule has 0 aromatic heterocycles. The molecule has 1 aliphatic heterocycles. The summed E-state index contributed by atoms with van der Waals surface area (Å²) in [6.45, 7) is 0. The maximum absolute atomic E-state index is 10.5. The second kappa shape index (κ2) is 2.82. The number of ether oxygens (including phenoxy) is 1. The molecule has 0 fully saturated rings. The lowest BCUT2D eigenvalue weighted by atomic mass is 10.3. The Bertz CT molecular complexity index is 181. The van der Waals surface area contributed by atoms with Gasteiger partial charge in [-0.3, -0.25) is 4.79 Å². The highest BCUT2D eigenvalue weighted by Gasteiger charge is 2.06. The highest BCUT2D eigenvalue weighted by atomic mass is 79.9. The minimum atomic E-state index is -0.205. The maximum atomic E-state index is 10.5. The smallest absolute Gasteiger partial charge is 0.315 e. The van der Waals surface area contributed by atoms with E-state index in [1.165, 1.54) is 0 Å². The molecular weight excluding hydrogens is 184 g/mol. The van der Waals surface area contributed by atoms with Crippen LogP contribution in [-0.4, -0.2) is 5.97 Å². The van der Waals surface area contributed by atoms with E-state index in [0.717, 1.165) is 0 Å². The summed E-state index contributed by atoms with van der Waals surface area (Å²) in [4.78, 5) is 12.1. The van der Waals surface area contributed by atoms with E-state index in [0.29, 0.717) is 12.2 Å². The van der Waals surface area contributed by atoms with Crippen molar-refractivity contribution in [2.45, 2.75) is 6.42 Å². The van der Waals surface area contributed by atoms with Crippen LogP contribution < -0.4 is 0 Å². The SMILES string of the molecule is O=C1CC=C/C(=C/Br)O1. The lowest BCUT2D eigenvalue weighted by Crippen LogP contribution is -2.04. The van der Waals surface area contributed by atoms with E-state index in [1.807, 2.05) is 0 Å². The quantitative estimate of drug-likeness (QED) is 0.542. The summed E-state index contributed by atoms with van der Waals surface area (Å²) in [5.41, 5.74) is 0. The molecule has 0 bridgehead atoms. The van der Waals surface area contributed by atoms with Crippen molar-refractivity contribution in [3.8, 4) is 0 Å². The van der Waals surface area contributed by atoms with Gasteiger partial charge in [0, 0.05) is 4.99 Å². The Morgan fingerprint density at radius 2 is 2.56 bits per heavy atom. The minimum Gasteiger partial charge on any atom is -0.426 e. The summed E-state index contributed by atoms with van der Waals surface area (Å²) in [5, 5.41) is 0. The molecule has 0 saturated carbocycles. The fraction of sp³-hybridized carbons (Fsp3) is 0.167. The number of rotatable bonds is 0. The molecule has 0 radical (unpaired) electrons. The third-order valence-electron chi connectivity index (χ3n) is 0.906. The Kier molecular flexibility index (Phi) is 2.05. The van der Waals surface area contributed by atoms with Crippen LogP contribution in [0.5, 0.6) is 0 Å². The van der Waals surface area contributed by atoms with Crippen molar-refractivity contribution in [3.63, 3.8) is 0 Å². The zero-order valence-corrected chi connectivity index (χ0v) is 6.22. The third-order valence-corrected chi connectivity index (χ3v) is 1.36. The van der Waals surface area contributed by atoms with Gasteiger partial charge in [0.15, 0.2) is 0 Å². The van der Waals surface area contributed by atoms with E-state index in [2.05, 4.69) is 15.9 Å². The summed E-state index contributed by atoms with van der Waals surface area (Å²) in [6, 6.07) is 0. The molecule has 2 nitrogen and oxygen atoms in total. The van der Waals surface area contributed by atoms with Crippen molar-refractivity contribution in [3.05, 3.63) is 22.9 Å². The Labute approximate surface area is 61.3 Å². The number of halogens is 1. The van der Waals surface area contributed by atoms with Crippen molar-refractivity contribution < 1.29 is 9.53 Å². The lowest BCUT2D eigenvalue weighted by Gasteiger charge is -2.05. The predicted octanol–water partition coefficient (Wildman–Crippen LogP) is 1.73. The first-order valence-corrected chi connectivity index (χ1v) is 3.42. The molecule has 0 unspecified atom stereocenters. The van der Waals surface area contributed by atoms with Crippen LogP contribution in [0.2, 0.25) is 0 Å². The molecule has 0 spiro atoms. The Morgan fingerprint density at radius 1 is 1.78 bits per heavy atom. The predicted molar refractivity (Wildman–Crippen MR) is 36.9 cm³/mol. The first-order valence-electron chi connectivity index (χ1n) is 2.50. The molecule has 0 saturated heterocycles. The third kappa shape index (κ3) is 1.68. The van der Waals surface area contributed by atoms with Crippen LogP contribution >= 0.6 is 15.9 Å². The van der Waals surface area contributed by atoms with Gasteiger partial charge in [-0.15, -0.1) is 0 Å². The number of hydrogen-bond acceptors (Lipinski definition) is 2. The second-order valence-electron chi connectivity index (χ2n) is 1.59. The maximum Gasteiger partial charge on any atom is 0.315 e. The van der Waals surface area contributed by atoms with Crippen molar-refractivity contribution >= 4 is 21.9 Å². The van der Waals surface area contributed by atoms with Gasteiger partial charge in [-0.05, 0) is 6.08 Å². The molecule has 1 aliphatic rings. The first kappa shape index (κ1) is 6.55. The van der Waals surface area contributed by atoms with Crippen LogP contribution in [-0.2, 0) is 9.53 Å². The summed E-state index contributed by atoms with van der Waals surface area (Å²) in [5.74, 6) is 0.356. The monoisotopic (exact) mass is 188 g/mol. The van der Waals surface area contributed by atoms with Crippen LogP contribution in [0.3, 0.4) is 0 Å². The molecule has 0 atom stereocenters. The molecule has 0 aromatic carbocycles. The molecular formula is C6H5BrO2. The molecule has 48 valence electrons. The number of hydrogen-bond donors (Lipinski definition) is 0. The van der Waals surface area contributed by atoms with Gasteiger partial charge in [-0.2, -0.15) is 0 Å². The molecule has 9 heavy (non-hydrogen) atoms. The normalized spacial score (nSPS) is 22.3. The second-order valence-corrected chi connectivity index (χ2v) is 2.05. The Hall–Kier alpha value is -0.570. The molecule has 0 aliphatic carbocycles. The van der Waals surface area contributed by atoms with E-state index in [4.69, 9.17) is 4.74 Å². The standard InChI is InChI=1S/C6H5BrO2/c7-4-5-2-1-3-6(8)9-5/h1-2,4H,3H2/b5-4-. The molecule has 3 heteroatoms. The highest BCUT2D eigenvalue weighted by Crippen LogP contribution is 2.10. The van der Waals surface area contributed by atoms with Crippen LogP contribution in [0.4, 0.5) is 0 Å². The fourth-order valence-electron chi connectivity index (χ4n) is 0.537. The topological polar surface area (TPSA) is 26.3 Å². The van der Waals surface area contributed by atoms with Gasteiger partial charge in [-0.1, -0.05) is 22.0 Å². The number of esters is 1. The largest absolute Gasteiger partial charge is 0.426 e. The average Bonchev–Trinajstić information content (AvgIpc) is 1.88. The van der Waals surface area contributed by atoms with E-state index < -0.39 is 0 Å². The molecule has 0 aromatic rings. The Balaban J connectivity index is 2.71. The first-order chi connectivity index (χ1) is 4.33. The van der Waals surface area contributed by atoms with Crippen LogP contribution in [0.25, 0.3) is 0 Å². The number of allylic oxidation sites excluding steroid dienone is 1. The zero-order chi connectivity index (χ0) is 6.69. The van der Waals surface area contributed by atoms with E-state index in [1.54, 1.807) is 17.1 Å². The van der Waals surface area contributed by atoms with Gasteiger partial charge in [0.25, 0.3) is 0 Å². The number of cyclic esters (lactones) is 1. The summed E-state index contributed by atoms with van der Waals surface area (Å²) in [6.07, 6.45) is 3.89. The number of carbonyl (C=O) groups is 1. The highest BCUT2D eigenvalue weighted by molar-refractivity contribution is 9.11. The van der Waals surface area contributed by atoms with Gasteiger partial charge >= 0.3 is 5.97 Å². The van der Waals surface area contributed by atoms with Gasteiger partial charge in [0.05, 0.1) is 6.42 Å². The van der Waals surface area contributed by atoms with Crippen molar-refractivity contribution in [1.82, 2.24) is 0 Å². The summed E-state index contributed by atoms with van der Waals surface area (Å²) >= 11 is 3.05. The van der Waals surface area contributed by atoms with Crippen LogP contribution in [0, 0.1) is 0 Å². The molecule has 1 heterocycles. The van der Waals surface area contributed by atoms with Crippen molar-refractivity contribution in [1.29, 1.82) is 0 Å². The van der Waals surface area contributed by atoms with Gasteiger partial charge < -0.3 is 4.74 Å². The van der Waals surface area contributed by atoms with Gasteiger partial charge in [-0.25, -0.2) is 0 Å². The zero-order valence-electron chi connectivity index (χ0n) is 4.63. The Morgan fingerprint density at radius 3 is 3.00 bits per heavy atom. The summed E-state index contributed by atoms with van der Waals surface area (Å²) < 4.78 is 4.72. The van der Waals surface area contributed by atoms with Crippen LogP contribution in [0.15, 0.2) is 22.9 Å². The van der Waals surface area contributed by atoms with Crippen molar-refractivity contribution in [2.75, 3.05) is 0 Å². The van der Waals surface area contributed by atoms with Gasteiger partial charge in [0.1, 0.15) is 5.76 Å². The molecule has 1 rings (SSSR count). The van der Waals surface area contributed by atoms with Crippen LogP contribution in [0.1, 0.15) is 6.42 Å². The van der Waals surface area contributed by atoms with E-state index >= 15 is 0 Å². The molecule has 0 amide bonds.